The van der Waals surface area contributed by atoms with Gasteiger partial charge < -0.3 is 5.73 Å². The van der Waals surface area contributed by atoms with E-state index in [2.05, 4.69) is 62.4 Å². The Morgan fingerprint density at radius 3 is 2.05 bits per heavy atom. The largest absolute Gasteiger partial charge is 0.324 e. The van der Waals surface area contributed by atoms with Crippen LogP contribution in [-0.4, -0.2) is 0 Å². The van der Waals surface area contributed by atoms with Crippen molar-refractivity contribution >= 4 is 0 Å². The van der Waals surface area contributed by atoms with E-state index in [9.17, 15) is 0 Å². The van der Waals surface area contributed by atoms with E-state index >= 15 is 0 Å². The molecule has 0 aliphatic heterocycles. The molecule has 2 aromatic rings. The second kappa shape index (κ2) is 6.53. The molecule has 100 valence electrons. The third-order valence-corrected chi connectivity index (χ3v) is 3.52. The molecule has 0 amide bonds. The summed E-state index contributed by atoms with van der Waals surface area (Å²) in [5.41, 5.74) is 11.5. The minimum absolute atomic E-state index is 0.0818. The summed E-state index contributed by atoms with van der Waals surface area (Å²) in [5.74, 6) is 0. The van der Waals surface area contributed by atoms with Crippen LogP contribution in [0.25, 0.3) is 0 Å². The first-order chi connectivity index (χ1) is 9.19. The molecule has 1 atom stereocenters. The Morgan fingerprint density at radius 2 is 1.47 bits per heavy atom. The summed E-state index contributed by atoms with van der Waals surface area (Å²) < 4.78 is 0. The van der Waals surface area contributed by atoms with Gasteiger partial charge in [-0.15, -0.1) is 0 Å². The number of hydrogen-bond donors (Lipinski definition) is 1. The summed E-state index contributed by atoms with van der Waals surface area (Å²) in [6.07, 6.45) is 3.23. The monoisotopic (exact) mass is 253 g/mol. The molecule has 1 heteroatoms. The first-order valence-electron chi connectivity index (χ1n) is 7.09. The summed E-state index contributed by atoms with van der Waals surface area (Å²) in [5, 5.41) is 0. The highest BCUT2D eigenvalue weighted by Crippen LogP contribution is 2.17. The highest BCUT2D eigenvalue weighted by molar-refractivity contribution is 5.28. The normalized spacial score (nSPS) is 12.4. The van der Waals surface area contributed by atoms with Crippen LogP contribution in [0.1, 0.15) is 41.6 Å². The van der Waals surface area contributed by atoms with Gasteiger partial charge in [-0.1, -0.05) is 67.4 Å². The van der Waals surface area contributed by atoms with Gasteiger partial charge >= 0.3 is 0 Å². The van der Waals surface area contributed by atoms with Crippen LogP contribution in [0.3, 0.4) is 0 Å². The Hall–Kier alpha value is -1.60. The van der Waals surface area contributed by atoms with E-state index < -0.39 is 0 Å². The van der Waals surface area contributed by atoms with Crippen molar-refractivity contribution in [1.29, 1.82) is 0 Å². The van der Waals surface area contributed by atoms with E-state index in [1.54, 1.807) is 0 Å². The van der Waals surface area contributed by atoms with Gasteiger partial charge in [-0.3, -0.25) is 0 Å². The molecule has 2 aromatic carbocycles. The molecule has 0 radical (unpaired) electrons. The van der Waals surface area contributed by atoms with Crippen molar-refractivity contribution in [3.05, 3.63) is 70.8 Å². The van der Waals surface area contributed by atoms with Gasteiger partial charge in [0.15, 0.2) is 0 Å². The average Bonchev–Trinajstić information content (AvgIpc) is 2.42. The maximum absolute atomic E-state index is 6.29. The zero-order chi connectivity index (χ0) is 13.7. The molecule has 19 heavy (non-hydrogen) atoms. The van der Waals surface area contributed by atoms with Crippen molar-refractivity contribution < 1.29 is 0 Å². The smallest absolute Gasteiger partial charge is 0.0335 e. The number of rotatable bonds is 5. The molecule has 0 aliphatic rings. The molecule has 2 N–H and O–H groups in total. The Balaban J connectivity index is 2.02. The fraction of sp³-hybridized carbons (Fsp3) is 0.333. The molecule has 0 aromatic heterocycles. The zero-order valence-electron chi connectivity index (χ0n) is 11.9. The summed E-state index contributed by atoms with van der Waals surface area (Å²) in [6, 6.07) is 17.5. The van der Waals surface area contributed by atoms with Gasteiger partial charge in [0.05, 0.1) is 0 Å². The molecular formula is C18H23N. The van der Waals surface area contributed by atoms with Crippen LogP contribution < -0.4 is 5.73 Å². The van der Waals surface area contributed by atoms with Crippen molar-refractivity contribution in [1.82, 2.24) is 0 Å². The molecule has 0 saturated carbocycles. The molecule has 0 aliphatic carbocycles. The van der Waals surface area contributed by atoms with Crippen molar-refractivity contribution in [3.63, 3.8) is 0 Å². The molecular weight excluding hydrogens is 230 g/mol. The molecule has 1 unspecified atom stereocenters. The third-order valence-electron chi connectivity index (χ3n) is 3.52. The van der Waals surface area contributed by atoms with Gasteiger partial charge in [-0.2, -0.15) is 0 Å². The van der Waals surface area contributed by atoms with Gasteiger partial charge in [-0.25, -0.2) is 0 Å². The summed E-state index contributed by atoms with van der Waals surface area (Å²) in [7, 11) is 0. The Kier molecular flexibility index (Phi) is 4.75. The maximum Gasteiger partial charge on any atom is 0.0335 e. The van der Waals surface area contributed by atoms with Crippen LogP contribution >= 0.6 is 0 Å². The van der Waals surface area contributed by atoms with Crippen molar-refractivity contribution in [2.45, 2.75) is 39.2 Å². The first kappa shape index (κ1) is 13.8. The van der Waals surface area contributed by atoms with E-state index in [-0.39, 0.29) is 6.04 Å². The quantitative estimate of drug-likeness (QED) is 0.849. The van der Waals surface area contributed by atoms with Crippen LogP contribution in [-0.2, 0) is 12.8 Å². The predicted molar refractivity (Wildman–Crippen MR) is 82.2 cm³/mol. The fourth-order valence-corrected chi connectivity index (χ4v) is 2.32. The lowest BCUT2D eigenvalue weighted by atomic mass is 9.97. The average molecular weight is 253 g/mol. The molecule has 0 saturated heterocycles. The summed E-state index contributed by atoms with van der Waals surface area (Å²) >= 11 is 0. The van der Waals surface area contributed by atoms with Crippen LogP contribution in [0.15, 0.2) is 48.5 Å². The van der Waals surface area contributed by atoms with E-state index in [0.717, 1.165) is 12.8 Å². The summed E-state index contributed by atoms with van der Waals surface area (Å²) in [4.78, 5) is 0. The van der Waals surface area contributed by atoms with E-state index in [4.69, 9.17) is 5.73 Å². The van der Waals surface area contributed by atoms with Crippen LogP contribution in [0.4, 0.5) is 0 Å². The molecule has 1 nitrogen and oxygen atoms in total. The lowest BCUT2D eigenvalue weighted by Gasteiger charge is -2.13. The van der Waals surface area contributed by atoms with Crippen molar-refractivity contribution in [2.24, 2.45) is 5.73 Å². The van der Waals surface area contributed by atoms with E-state index in [1.165, 1.54) is 28.7 Å². The Bertz CT molecular complexity index is 496. The Morgan fingerprint density at radius 1 is 0.895 bits per heavy atom. The topological polar surface area (TPSA) is 26.0 Å². The SMILES string of the molecule is CCCc1ccc(C(N)Cc2ccc(C)cc2)cc1. The van der Waals surface area contributed by atoms with E-state index in [1.807, 2.05) is 0 Å². The van der Waals surface area contributed by atoms with Gasteiger partial charge in [0.2, 0.25) is 0 Å². The lowest BCUT2D eigenvalue weighted by molar-refractivity contribution is 0.721. The van der Waals surface area contributed by atoms with Gasteiger partial charge in [0, 0.05) is 6.04 Å². The van der Waals surface area contributed by atoms with Crippen LogP contribution in [0, 0.1) is 6.92 Å². The number of nitrogens with two attached hydrogens (primary N) is 1. The highest BCUT2D eigenvalue weighted by Gasteiger charge is 2.07. The second-order valence-corrected chi connectivity index (χ2v) is 5.29. The van der Waals surface area contributed by atoms with Gasteiger partial charge in [-0.05, 0) is 36.5 Å². The van der Waals surface area contributed by atoms with Gasteiger partial charge in [0.1, 0.15) is 0 Å². The maximum atomic E-state index is 6.29. The van der Waals surface area contributed by atoms with Crippen LogP contribution in [0.5, 0.6) is 0 Å². The van der Waals surface area contributed by atoms with E-state index in [0.29, 0.717) is 0 Å². The minimum Gasteiger partial charge on any atom is -0.324 e. The standard InChI is InChI=1S/C18H23N/c1-3-4-15-9-11-17(12-10-15)18(19)13-16-7-5-14(2)6-8-16/h5-12,18H,3-4,13,19H2,1-2H3. The fourth-order valence-electron chi connectivity index (χ4n) is 2.32. The minimum atomic E-state index is 0.0818. The molecule has 0 heterocycles. The number of aryl methyl sites for hydroxylation is 2. The van der Waals surface area contributed by atoms with Crippen molar-refractivity contribution in [2.75, 3.05) is 0 Å². The number of hydrogen-bond acceptors (Lipinski definition) is 1. The zero-order valence-corrected chi connectivity index (χ0v) is 11.9. The molecule has 0 spiro atoms. The molecule has 2 rings (SSSR count). The molecule has 0 bridgehead atoms. The lowest BCUT2D eigenvalue weighted by Crippen LogP contribution is -2.13. The predicted octanol–water partition coefficient (Wildman–Crippen LogP) is 4.19. The Labute approximate surface area is 116 Å². The number of benzene rings is 2. The third kappa shape index (κ3) is 3.93. The van der Waals surface area contributed by atoms with Gasteiger partial charge in [0.25, 0.3) is 0 Å². The molecule has 0 fully saturated rings. The highest BCUT2D eigenvalue weighted by atomic mass is 14.6. The first-order valence-corrected chi connectivity index (χ1v) is 7.09. The van der Waals surface area contributed by atoms with Crippen molar-refractivity contribution in [3.8, 4) is 0 Å². The summed E-state index contributed by atoms with van der Waals surface area (Å²) in [6.45, 7) is 4.31. The second-order valence-electron chi connectivity index (χ2n) is 5.29. The van der Waals surface area contributed by atoms with Crippen LogP contribution in [0.2, 0.25) is 0 Å².